The number of likely N-dealkylation sites (tertiary alicyclic amines) is 2. The molecule has 4 fully saturated rings. The van der Waals surface area contributed by atoms with Crippen molar-refractivity contribution in [1.82, 2.24) is 20.1 Å². The van der Waals surface area contributed by atoms with E-state index in [-0.39, 0.29) is 49.2 Å². The molecule has 300 valence electrons. The minimum atomic E-state index is -2.49. The number of nitriles is 1. The smallest absolute Gasteiger partial charge is 0.249 e. The molecule has 9 rings (SSSR count). The molecule has 1 atom stereocenters. The third-order valence-electron chi connectivity index (χ3n) is 12.1. The molecule has 10 nitrogen and oxygen atoms in total. The van der Waals surface area contributed by atoms with Crippen molar-refractivity contribution >= 4 is 35.0 Å². The molecule has 3 saturated heterocycles. The molecule has 5 aliphatic rings. The van der Waals surface area contributed by atoms with E-state index < -0.39 is 11.3 Å². The summed E-state index contributed by atoms with van der Waals surface area (Å²) in [7, 11) is 0. The molecule has 2 spiro atoms. The Morgan fingerprint density at radius 2 is 1.72 bits per heavy atom. The number of aromatic nitrogens is 1. The van der Waals surface area contributed by atoms with E-state index in [0.717, 1.165) is 65.9 Å². The molecule has 1 saturated carbocycles. The van der Waals surface area contributed by atoms with Crippen molar-refractivity contribution in [3.8, 4) is 34.4 Å². The zero-order chi connectivity index (χ0) is 40.2. The van der Waals surface area contributed by atoms with Crippen molar-refractivity contribution in [2.24, 2.45) is 10.8 Å². The molecular formula is C44H41Cl2F2N5O5. The molecule has 0 radical (unpaired) electrons. The Labute approximate surface area is 345 Å². The van der Waals surface area contributed by atoms with Gasteiger partial charge in [-0.3, -0.25) is 24.8 Å². The van der Waals surface area contributed by atoms with E-state index in [1.807, 2.05) is 30.3 Å². The largest absolute Gasteiger partial charge is 0.492 e. The van der Waals surface area contributed by atoms with E-state index in [4.69, 9.17) is 37.4 Å². The molecular weight excluding hydrogens is 787 g/mol. The Morgan fingerprint density at radius 1 is 0.931 bits per heavy atom. The summed E-state index contributed by atoms with van der Waals surface area (Å²) in [6, 6.07) is 19.4. The predicted octanol–water partition coefficient (Wildman–Crippen LogP) is 7.92. The second-order valence-electron chi connectivity index (χ2n) is 16.6. The molecule has 2 amide bonds. The zero-order valence-corrected chi connectivity index (χ0v) is 33.2. The van der Waals surface area contributed by atoms with E-state index in [9.17, 15) is 23.6 Å². The van der Waals surface area contributed by atoms with Gasteiger partial charge in [-0.05, 0) is 54.2 Å². The minimum Gasteiger partial charge on any atom is -0.492 e. The zero-order valence-electron chi connectivity index (χ0n) is 31.7. The summed E-state index contributed by atoms with van der Waals surface area (Å²) >= 11 is 13.9. The fraction of sp³-hybridized carbons (Fsp3) is 0.409. The van der Waals surface area contributed by atoms with Crippen molar-refractivity contribution in [1.29, 1.82) is 5.26 Å². The van der Waals surface area contributed by atoms with E-state index in [2.05, 4.69) is 38.3 Å². The van der Waals surface area contributed by atoms with Crippen LogP contribution in [0.1, 0.15) is 66.0 Å². The van der Waals surface area contributed by atoms with Crippen LogP contribution in [-0.2, 0) is 29.2 Å². The van der Waals surface area contributed by atoms with Gasteiger partial charge in [-0.25, -0.2) is 8.78 Å². The van der Waals surface area contributed by atoms with Gasteiger partial charge in [0.05, 0.1) is 27.6 Å². The summed E-state index contributed by atoms with van der Waals surface area (Å²) in [5.41, 5.74) is 5.12. The van der Waals surface area contributed by atoms with Crippen LogP contribution in [0.4, 0.5) is 8.78 Å². The van der Waals surface area contributed by atoms with E-state index in [1.54, 1.807) is 18.3 Å². The van der Waals surface area contributed by atoms with E-state index in [0.29, 0.717) is 65.5 Å². The lowest BCUT2D eigenvalue weighted by Gasteiger charge is -2.58. The first kappa shape index (κ1) is 38.7. The first-order chi connectivity index (χ1) is 27.9. The molecule has 1 aromatic heterocycles. The number of rotatable bonds is 13. The Balaban J connectivity index is 0.887. The summed E-state index contributed by atoms with van der Waals surface area (Å²) in [5.74, 6) is -1.35. The summed E-state index contributed by atoms with van der Waals surface area (Å²) in [6.07, 6.45) is 5.31. The van der Waals surface area contributed by atoms with Gasteiger partial charge in [-0.2, -0.15) is 5.26 Å². The molecule has 14 heteroatoms. The van der Waals surface area contributed by atoms with E-state index in [1.165, 1.54) is 6.20 Å². The lowest BCUT2D eigenvalue weighted by molar-refractivity contribution is -0.213. The second-order valence-corrected chi connectivity index (χ2v) is 17.4. The number of nitrogens with zero attached hydrogens (tertiary/aromatic N) is 4. The van der Waals surface area contributed by atoms with E-state index >= 15 is 0 Å². The molecule has 0 bridgehead atoms. The number of benzene rings is 3. The Hall–Kier alpha value is -4.80. The van der Waals surface area contributed by atoms with Gasteiger partial charge in [0.25, 0.3) is 0 Å². The summed E-state index contributed by atoms with van der Waals surface area (Å²) in [4.78, 5) is 32.9. The number of carbonyl (C=O) groups excluding carboxylic acids is 2. The third kappa shape index (κ3) is 7.50. The number of pyridine rings is 1. The van der Waals surface area contributed by atoms with Gasteiger partial charge in [0.1, 0.15) is 36.0 Å². The summed E-state index contributed by atoms with van der Waals surface area (Å²) in [5, 5.41) is 12.7. The number of nitrogens with one attached hydrogen (secondary N) is 1. The Bertz CT molecular complexity index is 2330. The topological polar surface area (TPSA) is 117 Å². The van der Waals surface area contributed by atoms with Gasteiger partial charge in [0, 0.05) is 99.1 Å². The van der Waals surface area contributed by atoms with Gasteiger partial charge in [-0.15, -0.1) is 0 Å². The molecule has 4 heterocycles. The number of carbonyl (C=O) groups is 2. The third-order valence-corrected chi connectivity index (χ3v) is 12.8. The predicted molar refractivity (Wildman–Crippen MR) is 212 cm³/mol. The number of halogens is 4. The SMILES string of the molecule is N#Cc1cncc(COc2cc(O[C@H]3CCc4c(-c5cccc(OCCCN6CC7(C6)CC(F)(F)C7)c5Cl)cccc43)c(Cl)cc2CN2CC3(CC(=O)NC3=O)C2)c1. The maximum Gasteiger partial charge on any atom is 0.249 e. The molecule has 3 aliphatic heterocycles. The van der Waals surface area contributed by atoms with Crippen LogP contribution < -0.4 is 19.5 Å². The van der Waals surface area contributed by atoms with Crippen LogP contribution in [0.25, 0.3) is 11.1 Å². The van der Waals surface area contributed by atoms with Gasteiger partial charge < -0.3 is 19.1 Å². The highest BCUT2D eigenvalue weighted by atomic mass is 35.5. The van der Waals surface area contributed by atoms with Crippen molar-refractivity contribution in [3.63, 3.8) is 0 Å². The number of amides is 2. The van der Waals surface area contributed by atoms with Crippen molar-refractivity contribution in [2.75, 3.05) is 39.3 Å². The Kier molecular flexibility index (Phi) is 10.1. The normalized spacial score (nSPS) is 21.1. The molecule has 4 aromatic rings. The van der Waals surface area contributed by atoms with Crippen LogP contribution in [0.5, 0.6) is 17.2 Å². The minimum absolute atomic E-state index is 0.0114. The number of hydrogen-bond acceptors (Lipinski definition) is 9. The molecule has 2 aliphatic carbocycles. The van der Waals surface area contributed by atoms with Crippen molar-refractivity contribution < 1.29 is 32.6 Å². The maximum absolute atomic E-state index is 13.4. The van der Waals surface area contributed by atoms with Gasteiger partial charge in [-0.1, -0.05) is 53.5 Å². The molecule has 0 unspecified atom stereocenters. The molecule has 58 heavy (non-hydrogen) atoms. The number of fused-ring (bicyclic) bond motifs is 1. The summed E-state index contributed by atoms with van der Waals surface area (Å²) < 4.78 is 45.9. The number of alkyl halides is 2. The Morgan fingerprint density at radius 3 is 2.48 bits per heavy atom. The van der Waals surface area contributed by atoms with Gasteiger partial charge >= 0.3 is 0 Å². The summed E-state index contributed by atoms with van der Waals surface area (Å²) in [6.45, 7) is 4.22. The average Bonchev–Trinajstić information content (AvgIpc) is 3.71. The average molecular weight is 829 g/mol. The van der Waals surface area contributed by atoms with Crippen LogP contribution in [0.2, 0.25) is 10.0 Å². The highest BCUT2D eigenvalue weighted by Crippen LogP contribution is 2.56. The first-order valence-corrected chi connectivity index (χ1v) is 20.3. The lowest BCUT2D eigenvalue weighted by Crippen LogP contribution is -2.65. The number of ether oxygens (including phenoxy) is 3. The fourth-order valence-electron chi connectivity index (χ4n) is 9.60. The highest BCUT2D eigenvalue weighted by molar-refractivity contribution is 6.35. The maximum atomic E-state index is 13.4. The lowest BCUT2D eigenvalue weighted by atomic mass is 9.61. The van der Waals surface area contributed by atoms with Crippen LogP contribution in [0, 0.1) is 22.2 Å². The monoisotopic (exact) mass is 827 g/mol. The standard InChI is InChI=1S/C44H41Cl2F2N5O5/c45-34-13-29(19-53-25-43(26-53)15-39(54)51-41(43)55)37(57-20-28-12-27(16-49)17-50-18-28)14-38(34)58-35-9-8-31-30(4-1-5-32(31)35)33-6-2-7-36(40(33)46)56-11-3-10-52-23-42(24-52)21-44(47,48)22-42/h1-2,4-7,12-14,17-18,35H,3,8-11,15,19-26H2,(H,51,54,55)/t35-/m0/s1. The quantitative estimate of drug-likeness (QED) is 0.106. The molecule has 1 N–H and O–H groups in total. The van der Waals surface area contributed by atoms with Gasteiger partial charge in [0.15, 0.2) is 0 Å². The highest BCUT2D eigenvalue weighted by Gasteiger charge is 2.61. The number of hydrogen-bond donors (Lipinski definition) is 1. The fourth-order valence-corrected chi connectivity index (χ4v) is 10.1. The van der Waals surface area contributed by atoms with Crippen LogP contribution in [0.15, 0.2) is 67.0 Å². The number of imide groups is 1. The molecule has 3 aromatic carbocycles. The van der Waals surface area contributed by atoms with Crippen LogP contribution in [0.3, 0.4) is 0 Å². The van der Waals surface area contributed by atoms with Crippen molar-refractivity contribution in [2.45, 2.75) is 63.7 Å². The van der Waals surface area contributed by atoms with Crippen LogP contribution in [-0.4, -0.2) is 71.9 Å². The van der Waals surface area contributed by atoms with Crippen LogP contribution >= 0.6 is 23.2 Å². The van der Waals surface area contributed by atoms with Crippen molar-refractivity contribution in [3.05, 3.63) is 105 Å². The van der Waals surface area contributed by atoms with Gasteiger partial charge in [0.2, 0.25) is 17.7 Å². The second kappa shape index (κ2) is 15.1. The first-order valence-electron chi connectivity index (χ1n) is 19.6.